The van der Waals surface area contributed by atoms with E-state index in [-0.39, 0.29) is 11.9 Å². The molecule has 1 amide bonds. The standard InChI is InChI=1S/C24H25ClN2O4/c1-29-18-9-10-21(30-2)19(14-18)20-4-3-13-27(20)24(28)12-11-23-26-15-22(31-23)16-5-7-17(25)8-6-16/h5-10,14-15,20H,3-4,11-13H2,1-2H3. The molecule has 2 heterocycles. The van der Waals surface area contributed by atoms with E-state index in [0.29, 0.717) is 29.5 Å². The number of nitrogens with zero attached hydrogens (tertiary/aromatic N) is 2. The highest BCUT2D eigenvalue weighted by Gasteiger charge is 2.32. The second-order valence-electron chi connectivity index (χ2n) is 7.48. The maximum Gasteiger partial charge on any atom is 0.223 e. The van der Waals surface area contributed by atoms with Crippen LogP contribution in [0.2, 0.25) is 5.02 Å². The van der Waals surface area contributed by atoms with Crippen LogP contribution in [-0.2, 0) is 11.2 Å². The van der Waals surface area contributed by atoms with Crippen LogP contribution in [0.1, 0.15) is 36.8 Å². The average Bonchev–Trinajstić information content (AvgIpc) is 3.47. The first-order valence-corrected chi connectivity index (χ1v) is 10.7. The number of methoxy groups -OCH3 is 2. The van der Waals surface area contributed by atoms with E-state index in [4.69, 9.17) is 25.5 Å². The minimum Gasteiger partial charge on any atom is -0.497 e. The van der Waals surface area contributed by atoms with Crippen molar-refractivity contribution in [3.63, 3.8) is 0 Å². The predicted molar refractivity (Wildman–Crippen MR) is 119 cm³/mol. The summed E-state index contributed by atoms with van der Waals surface area (Å²) in [6, 6.07) is 13.1. The van der Waals surface area contributed by atoms with Gasteiger partial charge in [0, 0.05) is 35.5 Å². The van der Waals surface area contributed by atoms with Gasteiger partial charge < -0.3 is 18.8 Å². The number of likely N-dealkylation sites (tertiary alicyclic amines) is 1. The van der Waals surface area contributed by atoms with Gasteiger partial charge in [0.2, 0.25) is 5.91 Å². The minimum absolute atomic E-state index is 0.0215. The summed E-state index contributed by atoms with van der Waals surface area (Å²) in [5.74, 6) is 2.82. The first-order valence-electron chi connectivity index (χ1n) is 10.3. The van der Waals surface area contributed by atoms with Gasteiger partial charge in [0.25, 0.3) is 0 Å². The zero-order chi connectivity index (χ0) is 21.8. The maximum atomic E-state index is 13.0. The van der Waals surface area contributed by atoms with E-state index in [1.54, 1.807) is 20.4 Å². The van der Waals surface area contributed by atoms with Gasteiger partial charge in [-0.3, -0.25) is 4.79 Å². The Morgan fingerprint density at radius 2 is 2.00 bits per heavy atom. The lowest BCUT2D eigenvalue weighted by molar-refractivity contribution is -0.132. The van der Waals surface area contributed by atoms with Gasteiger partial charge in [0.1, 0.15) is 11.5 Å². The maximum absolute atomic E-state index is 13.0. The highest BCUT2D eigenvalue weighted by atomic mass is 35.5. The molecule has 0 N–H and O–H groups in total. The Labute approximate surface area is 186 Å². The van der Waals surface area contributed by atoms with Crippen molar-refractivity contribution in [3.05, 3.63) is 65.1 Å². The van der Waals surface area contributed by atoms with Gasteiger partial charge in [-0.05, 0) is 55.3 Å². The first-order chi connectivity index (χ1) is 15.1. The largest absolute Gasteiger partial charge is 0.497 e. The van der Waals surface area contributed by atoms with Gasteiger partial charge >= 0.3 is 0 Å². The smallest absolute Gasteiger partial charge is 0.223 e. The molecule has 1 aliphatic rings. The van der Waals surface area contributed by atoms with E-state index in [0.717, 1.165) is 42.0 Å². The van der Waals surface area contributed by atoms with Crippen LogP contribution in [0.15, 0.2) is 53.1 Å². The molecular weight excluding hydrogens is 416 g/mol. The van der Waals surface area contributed by atoms with Crippen molar-refractivity contribution in [2.45, 2.75) is 31.7 Å². The van der Waals surface area contributed by atoms with Crippen LogP contribution < -0.4 is 9.47 Å². The van der Waals surface area contributed by atoms with E-state index in [1.165, 1.54) is 0 Å². The van der Waals surface area contributed by atoms with E-state index < -0.39 is 0 Å². The average molecular weight is 441 g/mol. The van der Waals surface area contributed by atoms with Crippen molar-refractivity contribution in [2.75, 3.05) is 20.8 Å². The number of aryl methyl sites for hydroxylation is 1. The fourth-order valence-corrected chi connectivity index (χ4v) is 4.15. The molecule has 0 radical (unpaired) electrons. The van der Waals surface area contributed by atoms with E-state index >= 15 is 0 Å². The van der Waals surface area contributed by atoms with Gasteiger partial charge in [-0.25, -0.2) is 4.98 Å². The van der Waals surface area contributed by atoms with E-state index in [2.05, 4.69) is 4.98 Å². The summed E-state index contributed by atoms with van der Waals surface area (Å²) >= 11 is 5.94. The summed E-state index contributed by atoms with van der Waals surface area (Å²) in [6.07, 6.45) is 4.32. The summed E-state index contributed by atoms with van der Waals surface area (Å²) in [4.78, 5) is 19.3. The highest BCUT2D eigenvalue weighted by molar-refractivity contribution is 6.30. The quantitative estimate of drug-likeness (QED) is 0.498. The molecule has 0 bridgehead atoms. The number of carbonyl (C=O) groups excluding carboxylic acids is 1. The number of amides is 1. The van der Waals surface area contributed by atoms with Crippen molar-refractivity contribution in [2.24, 2.45) is 0 Å². The molecule has 7 heteroatoms. The minimum atomic E-state index is -0.0215. The molecule has 1 aliphatic heterocycles. The molecule has 1 saturated heterocycles. The molecule has 31 heavy (non-hydrogen) atoms. The molecule has 0 spiro atoms. The Hall–Kier alpha value is -2.99. The lowest BCUT2D eigenvalue weighted by atomic mass is 10.0. The lowest BCUT2D eigenvalue weighted by Crippen LogP contribution is -2.31. The van der Waals surface area contributed by atoms with Gasteiger partial charge in [-0.1, -0.05) is 11.6 Å². The molecule has 2 aromatic carbocycles. The Kier molecular flexibility index (Phi) is 6.47. The third kappa shape index (κ3) is 4.69. The number of ether oxygens (including phenoxy) is 2. The van der Waals surface area contributed by atoms with Crippen molar-refractivity contribution in [1.82, 2.24) is 9.88 Å². The number of carbonyl (C=O) groups is 1. The summed E-state index contributed by atoms with van der Waals surface area (Å²) in [5.41, 5.74) is 1.88. The fourth-order valence-electron chi connectivity index (χ4n) is 4.02. The molecule has 1 unspecified atom stereocenters. The van der Waals surface area contributed by atoms with E-state index in [9.17, 15) is 4.79 Å². The van der Waals surface area contributed by atoms with Crippen LogP contribution in [0, 0.1) is 0 Å². The number of hydrogen-bond acceptors (Lipinski definition) is 5. The molecule has 6 nitrogen and oxygen atoms in total. The van der Waals surface area contributed by atoms with Crippen molar-refractivity contribution in [1.29, 1.82) is 0 Å². The van der Waals surface area contributed by atoms with Crippen molar-refractivity contribution < 1.29 is 18.7 Å². The molecule has 4 rings (SSSR count). The topological polar surface area (TPSA) is 64.8 Å². The van der Waals surface area contributed by atoms with Gasteiger partial charge in [0.05, 0.1) is 26.5 Å². The van der Waals surface area contributed by atoms with Crippen molar-refractivity contribution in [3.8, 4) is 22.8 Å². The Morgan fingerprint density at radius 1 is 1.19 bits per heavy atom. The molecular formula is C24H25ClN2O4. The van der Waals surface area contributed by atoms with Crippen LogP contribution in [0.5, 0.6) is 11.5 Å². The number of rotatable bonds is 7. The van der Waals surface area contributed by atoms with Gasteiger partial charge in [0.15, 0.2) is 11.7 Å². The Balaban J connectivity index is 1.43. The molecule has 0 saturated carbocycles. The normalized spacial score (nSPS) is 15.8. The van der Waals surface area contributed by atoms with Crippen LogP contribution in [0.25, 0.3) is 11.3 Å². The Morgan fingerprint density at radius 3 is 2.74 bits per heavy atom. The summed E-state index contributed by atoms with van der Waals surface area (Å²) in [6.45, 7) is 0.728. The van der Waals surface area contributed by atoms with Gasteiger partial charge in [-0.15, -0.1) is 0 Å². The SMILES string of the molecule is COc1ccc(OC)c(C2CCCN2C(=O)CCc2ncc(-c3ccc(Cl)cc3)o2)c1. The number of oxazole rings is 1. The zero-order valence-corrected chi connectivity index (χ0v) is 18.4. The number of benzene rings is 2. The van der Waals surface area contributed by atoms with Gasteiger partial charge in [-0.2, -0.15) is 0 Å². The second-order valence-corrected chi connectivity index (χ2v) is 7.91. The predicted octanol–water partition coefficient (Wildman–Crippen LogP) is 5.31. The van der Waals surface area contributed by atoms with Crippen LogP contribution in [0.4, 0.5) is 0 Å². The highest BCUT2D eigenvalue weighted by Crippen LogP contribution is 2.39. The molecule has 1 atom stereocenters. The lowest BCUT2D eigenvalue weighted by Gasteiger charge is -2.26. The van der Waals surface area contributed by atoms with Crippen molar-refractivity contribution >= 4 is 17.5 Å². The van der Waals surface area contributed by atoms with E-state index in [1.807, 2.05) is 47.4 Å². The summed E-state index contributed by atoms with van der Waals surface area (Å²) in [5, 5.41) is 0.668. The van der Waals surface area contributed by atoms with Crippen LogP contribution >= 0.6 is 11.6 Å². The zero-order valence-electron chi connectivity index (χ0n) is 17.6. The number of hydrogen-bond donors (Lipinski definition) is 0. The number of aromatic nitrogens is 1. The van der Waals surface area contributed by atoms with Crippen LogP contribution in [-0.4, -0.2) is 36.6 Å². The van der Waals surface area contributed by atoms with Crippen LogP contribution in [0.3, 0.4) is 0 Å². The molecule has 1 aromatic heterocycles. The Bertz CT molecular complexity index is 1050. The number of halogens is 1. The molecule has 0 aliphatic carbocycles. The molecule has 1 fully saturated rings. The fraction of sp³-hybridized carbons (Fsp3) is 0.333. The summed E-state index contributed by atoms with van der Waals surface area (Å²) in [7, 11) is 3.28. The first kappa shape index (κ1) is 21.2. The second kappa shape index (κ2) is 9.43. The third-order valence-electron chi connectivity index (χ3n) is 5.60. The summed E-state index contributed by atoms with van der Waals surface area (Å²) < 4.78 is 16.8. The monoisotopic (exact) mass is 440 g/mol. The third-order valence-corrected chi connectivity index (χ3v) is 5.86. The molecule has 3 aromatic rings. The molecule has 162 valence electrons.